The molecular weight excluding hydrogens is 362 g/mol. The summed E-state index contributed by atoms with van der Waals surface area (Å²) in [5.74, 6) is 2.27. The molecule has 1 heterocycles. The maximum absolute atomic E-state index is 6.10. The van der Waals surface area contributed by atoms with E-state index >= 15 is 0 Å². The van der Waals surface area contributed by atoms with Crippen LogP contribution in [-0.4, -0.2) is 25.0 Å². The zero-order valence-electron chi connectivity index (χ0n) is 18.4. The average Bonchev–Trinajstić information content (AvgIpc) is 2.76. The van der Waals surface area contributed by atoms with E-state index < -0.39 is 0 Å². The van der Waals surface area contributed by atoms with Gasteiger partial charge in [-0.1, -0.05) is 71.1 Å². The van der Waals surface area contributed by atoms with E-state index in [0.29, 0.717) is 12.5 Å². The lowest BCUT2D eigenvalue weighted by Gasteiger charge is -2.16. The van der Waals surface area contributed by atoms with Crippen molar-refractivity contribution < 1.29 is 14.2 Å². The summed E-state index contributed by atoms with van der Waals surface area (Å²) in [5, 5.41) is 0. The first-order valence-corrected chi connectivity index (χ1v) is 11.1. The first kappa shape index (κ1) is 23.2. The minimum atomic E-state index is 0.240. The fourth-order valence-corrected chi connectivity index (χ4v) is 3.08. The number of unbranched alkanes of at least 4 members (excludes halogenated alkanes) is 4. The number of benzene rings is 1. The average molecular weight is 400 g/mol. The summed E-state index contributed by atoms with van der Waals surface area (Å²) < 4.78 is 17.7. The standard InChI is InChI=1S/C25H37NO3/c1-4-6-7-8-11-17-27-20-29-25-19-26-16-14-23(25)22-12-9-10-13-24(22)28-18-15-21(3)5-2/h9-10,12-14,16,19,21H,4-8,11,15,17-18,20H2,1-3H3. The Labute approximate surface area is 176 Å². The molecule has 1 atom stereocenters. The predicted molar refractivity (Wildman–Crippen MR) is 119 cm³/mol. The molecule has 0 saturated heterocycles. The van der Waals surface area contributed by atoms with E-state index in [0.717, 1.165) is 42.1 Å². The van der Waals surface area contributed by atoms with E-state index in [1.807, 2.05) is 24.3 Å². The van der Waals surface area contributed by atoms with Crippen molar-refractivity contribution in [1.29, 1.82) is 0 Å². The molecule has 2 aromatic rings. The van der Waals surface area contributed by atoms with Gasteiger partial charge in [0.05, 0.1) is 19.4 Å². The summed E-state index contributed by atoms with van der Waals surface area (Å²) in [5.41, 5.74) is 2.00. The number of ether oxygens (including phenoxy) is 3. The Morgan fingerprint density at radius 3 is 2.48 bits per heavy atom. The first-order valence-electron chi connectivity index (χ1n) is 11.1. The minimum absolute atomic E-state index is 0.240. The number of hydrogen-bond acceptors (Lipinski definition) is 4. The summed E-state index contributed by atoms with van der Waals surface area (Å²) >= 11 is 0. The van der Waals surface area contributed by atoms with Crippen LogP contribution in [0.5, 0.6) is 11.5 Å². The summed E-state index contributed by atoms with van der Waals surface area (Å²) in [6.07, 6.45) is 11.9. The largest absolute Gasteiger partial charge is 0.493 e. The second-order valence-electron chi connectivity index (χ2n) is 7.60. The van der Waals surface area contributed by atoms with Crippen molar-refractivity contribution in [3.8, 4) is 22.6 Å². The molecule has 0 aliphatic carbocycles. The van der Waals surface area contributed by atoms with Gasteiger partial charge in [-0.3, -0.25) is 4.98 Å². The van der Waals surface area contributed by atoms with Crippen LogP contribution >= 0.6 is 0 Å². The number of nitrogens with zero attached hydrogens (tertiary/aromatic N) is 1. The van der Waals surface area contributed by atoms with Gasteiger partial charge in [-0.25, -0.2) is 0 Å². The van der Waals surface area contributed by atoms with Crippen LogP contribution in [0, 0.1) is 5.92 Å². The molecular formula is C25H37NO3. The number of aromatic nitrogens is 1. The van der Waals surface area contributed by atoms with Gasteiger partial charge in [-0.05, 0) is 30.9 Å². The molecule has 1 aromatic heterocycles. The Bertz CT molecular complexity index is 689. The van der Waals surface area contributed by atoms with E-state index in [2.05, 4.69) is 31.8 Å². The molecule has 1 unspecified atom stereocenters. The second kappa shape index (κ2) is 14.0. The van der Waals surface area contributed by atoms with Crippen molar-refractivity contribution in [3.63, 3.8) is 0 Å². The van der Waals surface area contributed by atoms with Gasteiger partial charge < -0.3 is 14.2 Å². The quantitative estimate of drug-likeness (QED) is 0.241. The normalized spacial score (nSPS) is 12.0. The molecule has 0 amide bonds. The van der Waals surface area contributed by atoms with Crippen LogP contribution in [0.1, 0.15) is 65.7 Å². The van der Waals surface area contributed by atoms with Crippen LogP contribution < -0.4 is 9.47 Å². The topological polar surface area (TPSA) is 40.6 Å². The molecule has 0 radical (unpaired) electrons. The van der Waals surface area contributed by atoms with Gasteiger partial charge in [0.2, 0.25) is 0 Å². The van der Waals surface area contributed by atoms with Gasteiger partial charge in [-0.2, -0.15) is 0 Å². The molecule has 4 heteroatoms. The Balaban J connectivity index is 1.92. The molecule has 0 spiro atoms. The summed E-state index contributed by atoms with van der Waals surface area (Å²) in [7, 11) is 0. The van der Waals surface area contributed by atoms with Crippen LogP contribution in [0.3, 0.4) is 0 Å². The van der Waals surface area contributed by atoms with Crippen LogP contribution in [0.2, 0.25) is 0 Å². The highest BCUT2D eigenvalue weighted by Crippen LogP contribution is 2.35. The van der Waals surface area contributed by atoms with E-state index in [1.165, 1.54) is 32.1 Å². The first-order chi connectivity index (χ1) is 14.3. The molecule has 0 fully saturated rings. The number of pyridine rings is 1. The maximum atomic E-state index is 6.10. The van der Waals surface area contributed by atoms with Crippen molar-refractivity contribution in [2.45, 2.75) is 65.7 Å². The Morgan fingerprint density at radius 2 is 1.66 bits per heavy atom. The van der Waals surface area contributed by atoms with E-state index in [1.54, 1.807) is 12.4 Å². The van der Waals surface area contributed by atoms with Gasteiger partial charge in [0, 0.05) is 17.3 Å². The summed E-state index contributed by atoms with van der Waals surface area (Å²) in [4.78, 5) is 4.22. The molecule has 0 aliphatic heterocycles. The van der Waals surface area contributed by atoms with Gasteiger partial charge >= 0.3 is 0 Å². The lowest BCUT2D eigenvalue weighted by Crippen LogP contribution is -2.06. The SMILES string of the molecule is CCCCCCCOCOc1cnccc1-c1ccccc1OCCC(C)CC. The predicted octanol–water partition coefficient (Wildman–Crippen LogP) is 6.89. The van der Waals surface area contributed by atoms with Crippen molar-refractivity contribution in [1.82, 2.24) is 4.98 Å². The third-order valence-corrected chi connectivity index (χ3v) is 5.22. The number of para-hydroxylation sites is 1. The minimum Gasteiger partial charge on any atom is -0.493 e. The molecule has 160 valence electrons. The third-order valence-electron chi connectivity index (χ3n) is 5.22. The zero-order valence-corrected chi connectivity index (χ0v) is 18.4. The van der Waals surface area contributed by atoms with Crippen molar-refractivity contribution >= 4 is 0 Å². The van der Waals surface area contributed by atoms with E-state index in [9.17, 15) is 0 Å². The Morgan fingerprint density at radius 1 is 0.862 bits per heavy atom. The highest BCUT2D eigenvalue weighted by atomic mass is 16.7. The molecule has 0 bridgehead atoms. The molecule has 2 rings (SSSR count). The molecule has 0 N–H and O–H groups in total. The fourth-order valence-electron chi connectivity index (χ4n) is 3.08. The van der Waals surface area contributed by atoms with Gasteiger partial charge in [0.25, 0.3) is 0 Å². The van der Waals surface area contributed by atoms with Gasteiger partial charge in [0.1, 0.15) is 11.5 Å². The lowest BCUT2D eigenvalue weighted by molar-refractivity contribution is 0.0136. The maximum Gasteiger partial charge on any atom is 0.189 e. The van der Waals surface area contributed by atoms with E-state index in [-0.39, 0.29) is 6.79 Å². The molecule has 29 heavy (non-hydrogen) atoms. The number of hydrogen-bond donors (Lipinski definition) is 0. The van der Waals surface area contributed by atoms with Crippen molar-refractivity contribution in [3.05, 3.63) is 42.7 Å². The van der Waals surface area contributed by atoms with Crippen molar-refractivity contribution in [2.24, 2.45) is 5.92 Å². The molecule has 1 aromatic carbocycles. The zero-order chi connectivity index (χ0) is 20.7. The molecule has 4 nitrogen and oxygen atoms in total. The fraction of sp³-hybridized carbons (Fsp3) is 0.560. The Kier molecular flexibility index (Phi) is 11.2. The van der Waals surface area contributed by atoms with Crippen LogP contribution in [0.15, 0.2) is 42.7 Å². The molecule has 0 aliphatic rings. The van der Waals surface area contributed by atoms with Crippen LogP contribution in [0.4, 0.5) is 0 Å². The highest BCUT2D eigenvalue weighted by Gasteiger charge is 2.12. The Hall–Kier alpha value is -2.07. The van der Waals surface area contributed by atoms with Gasteiger partial charge in [0.15, 0.2) is 6.79 Å². The summed E-state index contributed by atoms with van der Waals surface area (Å²) in [6.45, 7) is 8.39. The van der Waals surface area contributed by atoms with E-state index in [4.69, 9.17) is 14.2 Å². The smallest absolute Gasteiger partial charge is 0.189 e. The monoisotopic (exact) mass is 399 g/mol. The molecule has 0 saturated carbocycles. The third kappa shape index (κ3) is 8.45. The van der Waals surface area contributed by atoms with Crippen LogP contribution in [0.25, 0.3) is 11.1 Å². The van der Waals surface area contributed by atoms with Crippen molar-refractivity contribution in [2.75, 3.05) is 20.0 Å². The number of rotatable bonds is 15. The van der Waals surface area contributed by atoms with Crippen LogP contribution in [-0.2, 0) is 4.74 Å². The lowest BCUT2D eigenvalue weighted by atomic mass is 10.0. The van der Waals surface area contributed by atoms with Gasteiger partial charge in [-0.15, -0.1) is 0 Å². The summed E-state index contributed by atoms with van der Waals surface area (Å²) in [6, 6.07) is 10.1. The second-order valence-corrected chi connectivity index (χ2v) is 7.60. The highest BCUT2D eigenvalue weighted by molar-refractivity contribution is 5.75.